The molecule has 0 bridgehead atoms. The first-order valence-electron chi connectivity index (χ1n) is 25.0. The Morgan fingerprint density at radius 1 is 0.411 bits per heavy atom. The smallest absolute Gasteiger partial charge is 0.317 e. The molecule has 0 radical (unpaired) electrons. The van der Waals surface area contributed by atoms with Crippen LogP contribution in [-0.4, -0.2) is 49.2 Å². The molecule has 0 aliphatic rings. The van der Waals surface area contributed by atoms with Gasteiger partial charge in [-0.3, -0.25) is 0 Å². The zero-order valence-electron chi connectivity index (χ0n) is 38.2. The number of carbonyl (C=O) groups is 2. The van der Waals surface area contributed by atoms with Gasteiger partial charge < -0.3 is 20.9 Å². The van der Waals surface area contributed by atoms with Crippen molar-refractivity contribution in [1.82, 2.24) is 20.9 Å². The van der Waals surface area contributed by atoms with Crippen LogP contribution in [0.3, 0.4) is 0 Å². The van der Waals surface area contributed by atoms with Crippen molar-refractivity contribution in [3.63, 3.8) is 0 Å². The third-order valence-corrected chi connectivity index (χ3v) is 11.2. The molecule has 3 N–H and O–H groups in total. The number of hydrogen-bond acceptors (Lipinski definition) is 2. The van der Waals surface area contributed by atoms with Gasteiger partial charge in [0.15, 0.2) is 0 Å². The maximum absolute atomic E-state index is 13.7. The van der Waals surface area contributed by atoms with E-state index in [2.05, 4.69) is 72.8 Å². The van der Waals surface area contributed by atoms with Gasteiger partial charge in [0.05, 0.1) is 6.04 Å². The maximum atomic E-state index is 13.7. The van der Waals surface area contributed by atoms with Crippen molar-refractivity contribution in [2.24, 2.45) is 0 Å². The average molecular weight is 787 g/mol. The van der Waals surface area contributed by atoms with Crippen molar-refractivity contribution in [2.75, 3.05) is 26.2 Å². The minimum atomic E-state index is -0.0197. The van der Waals surface area contributed by atoms with Gasteiger partial charge in [-0.05, 0) is 70.6 Å². The van der Waals surface area contributed by atoms with Crippen molar-refractivity contribution in [3.05, 3.63) is 24.3 Å². The lowest BCUT2D eigenvalue weighted by molar-refractivity contribution is 0.180. The molecule has 0 saturated carbocycles. The molecular weight excluding hydrogens is 689 g/mol. The third kappa shape index (κ3) is 38.9. The second-order valence-corrected chi connectivity index (χ2v) is 16.8. The van der Waals surface area contributed by atoms with Crippen LogP contribution in [0.25, 0.3) is 0 Å². The first-order chi connectivity index (χ1) is 27.6. The SMILES string of the molecule is CCCCCCCC/C=C\CCCCCCCCN(C(=O)NCCCCCCC)C(/C=C\CCCCCCCCNC(=O)NCCCCC)CCCCCCC. The summed E-state index contributed by atoms with van der Waals surface area (Å²) in [5.74, 6) is 0. The van der Waals surface area contributed by atoms with E-state index in [9.17, 15) is 9.59 Å². The van der Waals surface area contributed by atoms with Gasteiger partial charge in [0.25, 0.3) is 0 Å². The fraction of sp³-hybridized carbons (Fsp3) is 0.880. The Balaban J connectivity index is 4.77. The summed E-state index contributed by atoms with van der Waals surface area (Å²) in [5.41, 5.74) is 0. The van der Waals surface area contributed by atoms with E-state index in [1.54, 1.807) is 0 Å². The highest BCUT2D eigenvalue weighted by atomic mass is 16.2. The molecule has 4 amide bonds. The van der Waals surface area contributed by atoms with Gasteiger partial charge in [-0.25, -0.2) is 9.59 Å². The highest BCUT2D eigenvalue weighted by molar-refractivity contribution is 5.74. The van der Waals surface area contributed by atoms with Crippen molar-refractivity contribution >= 4 is 12.1 Å². The van der Waals surface area contributed by atoms with E-state index in [1.807, 2.05) is 0 Å². The van der Waals surface area contributed by atoms with Gasteiger partial charge in [0, 0.05) is 26.2 Å². The van der Waals surface area contributed by atoms with Crippen molar-refractivity contribution < 1.29 is 9.59 Å². The monoisotopic (exact) mass is 787 g/mol. The summed E-state index contributed by atoms with van der Waals surface area (Å²) < 4.78 is 0. The number of nitrogens with zero attached hydrogens (tertiary/aromatic N) is 1. The second-order valence-electron chi connectivity index (χ2n) is 16.8. The topological polar surface area (TPSA) is 73.5 Å². The molecule has 0 aromatic heterocycles. The Morgan fingerprint density at radius 3 is 1.27 bits per heavy atom. The van der Waals surface area contributed by atoms with Crippen LogP contribution >= 0.6 is 0 Å². The van der Waals surface area contributed by atoms with E-state index in [0.717, 1.165) is 64.7 Å². The normalized spacial score (nSPS) is 12.1. The van der Waals surface area contributed by atoms with Crippen molar-refractivity contribution in [2.45, 2.75) is 258 Å². The average Bonchev–Trinajstić information content (AvgIpc) is 3.20. The van der Waals surface area contributed by atoms with Crippen molar-refractivity contribution in [1.29, 1.82) is 0 Å². The molecule has 6 heteroatoms. The van der Waals surface area contributed by atoms with Crippen LogP contribution < -0.4 is 16.0 Å². The maximum Gasteiger partial charge on any atom is 0.317 e. The molecule has 6 nitrogen and oxygen atoms in total. The zero-order chi connectivity index (χ0) is 40.8. The molecule has 0 fully saturated rings. The van der Waals surface area contributed by atoms with Gasteiger partial charge in [0.1, 0.15) is 0 Å². The lowest BCUT2D eigenvalue weighted by Gasteiger charge is -2.30. The van der Waals surface area contributed by atoms with Gasteiger partial charge >= 0.3 is 12.1 Å². The molecular formula is C50H98N4O2. The third-order valence-electron chi connectivity index (χ3n) is 11.2. The number of urea groups is 2. The number of amides is 4. The Hall–Kier alpha value is -1.98. The minimum Gasteiger partial charge on any atom is -0.338 e. The van der Waals surface area contributed by atoms with Crippen LogP contribution in [0.2, 0.25) is 0 Å². The second kappa shape index (κ2) is 45.7. The Labute approximate surface area is 350 Å². The standard InChI is InChI=1S/C50H98N4O2/c1-5-9-13-16-17-18-19-20-21-22-23-24-27-30-35-41-47-54(50(56)53-46-40-33-15-11-7-3)48(42-36-31-14-10-6-2)43-37-32-28-25-26-29-34-39-45-52-49(55)51-44-38-12-8-4/h20-21,37,43,48H,5-19,22-36,38-42,44-47H2,1-4H3,(H,53,56)(H2,51,52,55)/b21-20-,43-37-. The van der Waals surface area contributed by atoms with Gasteiger partial charge in [0.2, 0.25) is 0 Å². The fourth-order valence-corrected chi connectivity index (χ4v) is 7.47. The first kappa shape index (κ1) is 54.0. The van der Waals surface area contributed by atoms with Crippen LogP contribution in [0, 0.1) is 0 Å². The number of allylic oxidation sites excluding steroid dienone is 3. The summed E-state index contributed by atoms with van der Waals surface area (Å²) in [6.45, 7) is 12.2. The van der Waals surface area contributed by atoms with E-state index in [1.165, 1.54) is 186 Å². The Kier molecular flexibility index (Phi) is 44.1. The largest absolute Gasteiger partial charge is 0.338 e. The van der Waals surface area contributed by atoms with Gasteiger partial charge in [-0.1, -0.05) is 206 Å². The molecule has 0 heterocycles. The molecule has 1 atom stereocenters. The van der Waals surface area contributed by atoms with Crippen LogP contribution in [0.4, 0.5) is 9.59 Å². The summed E-state index contributed by atoms with van der Waals surface area (Å²) in [6, 6.07) is 0.324. The molecule has 0 aliphatic heterocycles. The molecule has 0 saturated heterocycles. The van der Waals surface area contributed by atoms with E-state index >= 15 is 0 Å². The first-order valence-corrected chi connectivity index (χ1v) is 25.0. The predicted molar refractivity (Wildman–Crippen MR) is 248 cm³/mol. The number of unbranched alkanes of at least 4 members (excludes halogenated alkanes) is 28. The summed E-state index contributed by atoms with van der Waals surface area (Å²) >= 11 is 0. The number of nitrogens with one attached hydrogen (secondary N) is 3. The molecule has 0 aromatic carbocycles. The quantitative estimate of drug-likeness (QED) is 0.0425. The molecule has 0 rings (SSSR count). The summed E-state index contributed by atoms with van der Waals surface area (Å²) in [6.07, 6.45) is 53.0. The zero-order valence-corrected chi connectivity index (χ0v) is 38.2. The lowest BCUT2D eigenvalue weighted by atomic mass is 10.0. The summed E-state index contributed by atoms with van der Waals surface area (Å²) in [5, 5.41) is 9.29. The lowest BCUT2D eigenvalue weighted by Crippen LogP contribution is -2.46. The van der Waals surface area contributed by atoms with Crippen LogP contribution in [0.1, 0.15) is 252 Å². The summed E-state index contributed by atoms with van der Waals surface area (Å²) in [4.78, 5) is 27.8. The van der Waals surface area contributed by atoms with Gasteiger partial charge in [-0.2, -0.15) is 0 Å². The number of carbonyl (C=O) groups excluding carboxylic acids is 2. The molecule has 0 spiro atoms. The number of hydrogen-bond donors (Lipinski definition) is 3. The minimum absolute atomic E-state index is 0.0197. The molecule has 0 aromatic rings. The fourth-order valence-electron chi connectivity index (χ4n) is 7.47. The molecule has 0 aliphatic carbocycles. The van der Waals surface area contributed by atoms with E-state index in [0.29, 0.717) is 0 Å². The van der Waals surface area contributed by atoms with Crippen LogP contribution in [0.15, 0.2) is 24.3 Å². The summed E-state index contributed by atoms with van der Waals surface area (Å²) in [7, 11) is 0. The predicted octanol–water partition coefficient (Wildman–Crippen LogP) is 15.5. The van der Waals surface area contributed by atoms with E-state index in [-0.39, 0.29) is 18.1 Å². The molecule has 1 unspecified atom stereocenters. The van der Waals surface area contributed by atoms with Crippen LogP contribution in [0.5, 0.6) is 0 Å². The van der Waals surface area contributed by atoms with Gasteiger partial charge in [-0.15, -0.1) is 0 Å². The van der Waals surface area contributed by atoms with Crippen LogP contribution in [-0.2, 0) is 0 Å². The van der Waals surface area contributed by atoms with E-state index in [4.69, 9.17) is 0 Å². The number of rotatable bonds is 43. The molecule has 330 valence electrons. The van der Waals surface area contributed by atoms with Crippen molar-refractivity contribution in [3.8, 4) is 0 Å². The van der Waals surface area contributed by atoms with E-state index < -0.39 is 0 Å². The Bertz CT molecular complexity index is 875. The highest BCUT2D eigenvalue weighted by Crippen LogP contribution is 2.18. The molecule has 56 heavy (non-hydrogen) atoms. The highest BCUT2D eigenvalue weighted by Gasteiger charge is 2.21. The Morgan fingerprint density at radius 2 is 0.768 bits per heavy atom.